The maximum Gasteiger partial charge on any atom is 0.270 e. The van der Waals surface area contributed by atoms with Crippen molar-refractivity contribution in [2.24, 2.45) is 9.98 Å². The molecule has 2 heterocycles. The number of aromatic hydroxyl groups is 1. The van der Waals surface area contributed by atoms with Crippen LogP contribution < -0.4 is 16.1 Å². The second-order valence-electron chi connectivity index (χ2n) is 5.85. The van der Waals surface area contributed by atoms with Crippen molar-refractivity contribution in [2.45, 2.75) is 0 Å². The van der Waals surface area contributed by atoms with E-state index in [1.54, 1.807) is 6.08 Å². The Hall–Kier alpha value is -3.70. The molecule has 0 saturated carbocycles. The van der Waals surface area contributed by atoms with Gasteiger partial charge in [-0.05, 0) is 30.4 Å². The Morgan fingerprint density at radius 1 is 1.21 bits per heavy atom. The van der Waals surface area contributed by atoms with Gasteiger partial charge in [0.25, 0.3) is 11.6 Å². The lowest BCUT2D eigenvalue weighted by molar-refractivity contribution is -0.384. The number of fused-ring (bicyclic) bond motifs is 1. The summed E-state index contributed by atoms with van der Waals surface area (Å²) in [6.45, 7) is 0. The van der Waals surface area contributed by atoms with Crippen LogP contribution in [0.25, 0.3) is 6.08 Å². The van der Waals surface area contributed by atoms with Crippen LogP contribution >= 0.6 is 23.6 Å². The molecule has 11 heteroatoms. The van der Waals surface area contributed by atoms with Gasteiger partial charge in [-0.2, -0.15) is 4.68 Å². The van der Waals surface area contributed by atoms with E-state index in [-0.39, 0.29) is 21.1 Å². The zero-order chi connectivity index (χ0) is 20.5. The number of thiazole rings is 1. The molecule has 0 spiro atoms. The smallest absolute Gasteiger partial charge is 0.270 e. The van der Waals surface area contributed by atoms with Crippen molar-refractivity contribution in [3.8, 4) is 5.88 Å². The third-order valence-corrected chi connectivity index (χ3v) is 5.27. The Bertz CT molecular complexity index is 1340. The number of nitro benzene ring substituents is 1. The summed E-state index contributed by atoms with van der Waals surface area (Å²) in [6.07, 6.45) is 1.56. The fourth-order valence-corrected chi connectivity index (χ4v) is 3.77. The highest BCUT2D eigenvalue weighted by molar-refractivity contribution is 7.73. The number of hydrogen-bond acceptors (Lipinski definition) is 8. The fraction of sp³-hybridized carbons (Fsp3) is 0. The molecule has 0 atom stereocenters. The van der Waals surface area contributed by atoms with Crippen LogP contribution in [0.2, 0.25) is 0 Å². The first kappa shape index (κ1) is 18.7. The van der Waals surface area contributed by atoms with Crippen LogP contribution in [0.3, 0.4) is 0 Å². The van der Waals surface area contributed by atoms with Gasteiger partial charge in [0, 0.05) is 23.8 Å². The predicted molar refractivity (Wildman–Crippen MR) is 108 cm³/mol. The minimum absolute atomic E-state index is 0.0582. The number of carbonyl (C=O) groups is 1. The third-order valence-electron chi connectivity index (χ3n) is 3.96. The van der Waals surface area contributed by atoms with Crippen LogP contribution in [-0.4, -0.2) is 20.6 Å². The van der Waals surface area contributed by atoms with E-state index >= 15 is 0 Å². The van der Waals surface area contributed by atoms with E-state index in [1.165, 1.54) is 18.2 Å². The molecule has 1 amide bonds. The van der Waals surface area contributed by atoms with Gasteiger partial charge in [-0.25, -0.2) is 9.98 Å². The maximum absolute atomic E-state index is 12.4. The molecule has 0 aliphatic carbocycles. The first-order chi connectivity index (χ1) is 13.9. The topological polar surface area (TPSA) is 122 Å². The van der Waals surface area contributed by atoms with Gasteiger partial charge in [-0.1, -0.05) is 29.5 Å². The second kappa shape index (κ2) is 7.37. The van der Waals surface area contributed by atoms with Gasteiger partial charge in [0.2, 0.25) is 5.88 Å². The highest BCUT2D eigenvalue weighted by Gasteiger charge is 2.17. The Morgan fingerprint density at radius 2 is 1.90 bits per heavy atom. The first-order valence-electron chi connectivity index (χ1n) is 8.17. The Balaban J connectivity index is 1.63. The average Bonchev–Trinajstić information content (AvgIpc) is 3.23. The van der Waals surface area contributed by atoms with Gasteiger partial charge in [-0.3, -0.25) is 20.3 Å². The molecule has 1 aromatic heterocycles. The largest absolute Gasteiger partial charge is 0.492 e. The van der Waals surface area contributed by atoms with Gasteiger partial charge in [0.05, 0.1) is 20.5 Å². The molecule has 2 aromatic carbocycles. The van der Waals surface area contributed by atoms with Crippen molar-refractivity contribution in [2.75, 3.05) is 5.43 Å². The van der Waals surface area contributed by atoms with E-state index in [9.17, 15) is 20.0 Å². The van der Waals surface area contributed by atoms with Crippen LogP contribution in [0.5, 0.6) is 5.88 Å². The Morgan fingerprint density at radius 3 is 2.55 bits per heavy atom. The minimum Gasteiger partial charge on any atom is -0.492 e. The monoisotopic (exact) mass is 425 g/mol. The van der Waals surface area contributed by atoms with E-state index < -0.39 is 10.8 Å². The summed E-state index contributed by atoms with van der Waals surface area (Å²) in [7, 11) is 0. The lowest BCUT2D eigenvalue weighted by Crippen LogP contribution is -2.22. The molecule has 3 aromatic rings. The summed E-state index contributed by atoms with van der Waals surface area (Å²) in [4.78, 5) is 31.8. The summed E-state index contributed by atoms with van der Waals surface area (Å²) in [5.41, 5.74) is 2.29. The van der Waals surface area contributed by atoms with Crippen LogP contribution in [0, 0.1) is 14.1 Å². The molecular formula is C18H11N5O4S2. The highest BCUT2D eigenvalue weighted by atomic mass is 32.1. The number of para-hydroxylation sites is 2. The van der Waals surface area contributed by atoms with Gasteiger partial charge >= 0.3 is 0 Å². The molecule has 0 bridgehead atoms. The molecular weight excluding hydrogens is 414 g/mol. The molecule has 0 radical (unpaired) electrons. The summed E-state index contributed by atoms with van der Waals surface area (Å²) in [5.74, 6) is -0.540. The molecule has 0 unspecified atom stereocenters. The number of non-ortho nitro benzene ring substituents is 1. The number of hydrogen-bond donors (Lipinski definition) is 2. The Kier molecular flexibility index (Phi) is 4.74. The zero-order valence-corrected chi connectivity index (χ0v) is 16.1. The lowest BCUT2D eigenvalue weighted by atomic mass is 10.2. The summed E-state index contributed by atoms with van der Waals surface area (Å²) in [5, 5.41) is 22.8. The quantitative estimate of drug-likeness (QED) is 0.378. The molecule has 9 nitrogen and oxygen atoms in total. The van der Waals surface area contributed by atoms with E-state index in [2.05, 4.69) is 15.4 Å². The van der Waals surface area contributed by atoms with Gasteiger partial charge < -0.3 is 5.11 Å². The molecule has 0 fully saturated rings. The summed E-state index contributed by atoms with van der Waals surface area (Å²) >= 11 is 6.27. The first-order valence-corrected chi connectivity index (χ1v) is 9.39. The molecule has 0 saturated heterocycles. The number of aromatic nitrogens is 1. The van der Waals surface area contributed by atoms with E-state index in [0.29, 0.717) is 10.7 Å². The molecule has 4 rings (SSSR count). The van der Waals surface area contributed by atoms with Crippen molar-refractivity contribution in [3.63, 3.8) is 0 Å². The molecule has 29 heavy (non-hydrogen) atoms. The van der Waals surface area contributed by atoms with Crippen LogP contribution in [-0.2, 0) is 0 Å². The molecule has 144 valence electrons. The van der Waals surface area contributed by atoms with Crippen molar-refractivity contribution in [1.82, 2.24) is 4.68 Å². The fourth-order valence-electron chi connectivity index (χ4n) is 2.61. The number of carbonyl (C=O) groups excluding carboxylic acids is 1. The van der Waals surface area contributed by atoms with E-state index in [0.717, 1.165) is 32.8 Å². The average molecular weight is 425 g/mol. The summed E-state index contributed by atoms with van der Waals surface area (Å²) in [6, 6.07) is 12.6. The van der Waals surface area contributed by atoms with Crippen LogP contribution in [0.1, 0.15) is 15.2 Å². The summed E-state index contributed by atoms with van der Waals surface area (Å²) < 4.78 is 1.22. The molecule has 1 aliphatic heterocycles. The van der Waals surface area contributed by atoms with Gasteiger partial charge in [0.1, 0.15) is 0 Å². The van der Waals surface area contributed by atoms with Crippen LogP contribution in [0.15, 0.2) is 64.3 Å². The van der Waals surface area contributed by atoms with Crippen molar-refractivity contribution < 1.29 is 14.8 Å². The Labute approximate surface area is 171 Å². The second-order valence-corrected chi connectivity index (χ2v) is 7.53. The van der Waals surface area contributed by atoms with Crippen molar-refractivity contribution >= 4 is 41.2 Å². The normalized spacial score (nSPS) is 11.9. The van der Waals surface area contributed by atoms with E-state index in [1.807, 2.05) is 24.3 Å². The maximum atomic E-state index is 12.4. The number of amides is 1. The number of nitro groups is 1. The number of rotatable bonds is 4. The zero-order valence-electron chi connectivity index (χ0n) is 14.5. The number of benzene rings is 2. The SMILES string of the molecule is O=C(Nn1c(O)c(C=C2N=c3ccccc3=N2)sc1=S)c1cccc([N+](=O)[O-])c1. The lowest BCUT2D eigenvalue weighted by Gasteiger charge is -2.07. The third kappa shape index (κ3) is 3.68. The van der Waals surface area contributed by atoms with Gasteiger partial charge in [-0.15, -0.1) is 0 Å². The van der Waals surface area contributed by atoms with Crippen molar-refractivity contribution in [3.05, 3.63) is 89.6 Å². The molecule has 2 N–H and O–H groups in total. The minimum atomic E-state index is -0.653. The standard InChI is InChI=1S/C18H11N5O4S2/c24-16(10-4-3-5-11(8-10)23(26)27)21-22-17(25)14(29-18(22)28)9-15-19-12-6-1-2-7-13(12)20-15/h1-9,25H,(H,21,24). The predicted octanol–water partition coefficient (Wildman–Crippen LogP) is 2.53. The number of nitrogens with one attached hydrogen (secondary N) is 1. The van der Waals surface area contributed by atoms with Gasteiger partial charge in [0.15, 0.2) is 9.78 Å². The van der Waals surface area contributed by atoms with E-state index in [4.69, 9.17) is 12.2 Å². The molecule has 1 aliphatic rings. The number of nitrogens with zero attached hydrogens (tertiary/aromatic N) is 4. The van der Waals surface area contributed by atoms with Crippen molar-refractivity contribution in [1.29, 1.82) is 0 Å². The highest BCUT2D eigenvalue weighted by Crippen LogP contribution is 2.28. The van der Waals surface area contributed by atoms with Crippen LogP contribution in [0.4, 0.5) is 5.69 Å².